The SMILES string of the molecule is COc1cccc(-c2nnc(SC(C)C(=O)NCc3cccs3)n2-c2ccccc2)c1. The molecule has 0 bridgehead atoms. The van der Waals surface area contributed by atoms with E-state index in [1.807, 2.05) is 83.6 Å². The largest absolute Gasteiger partial charge is 0.497 e. The number of benzene rings is 2. The van der Waals surface area contributed by atoms with Crippen LogP contribution in [0.25, 0.3) is 17.1 Å². The first-order valence-corrected chi connectivity index (χ1v) is 11.5. The Morgan fingerprint density at radius 1 is 1.13 bits per heavy atom. The predicted molar refractivity (Wildman–Crippen MR) is 125 cm³/mol. The molecule has 2 aromatic carbocycles. The Morgan fingerprint density at radius 3 is 2.71 bits per heavy atom. The summed E-state index contributed by atoms with van der Waals surface area (Å²) in [6, 6.07) is 21.6. The van der Waals surface area contributed by atoms with Gasteiger partial charge in [-0.1, -0.05) is 48.2 Å². The second-order valence-electron chi connectivity index (χ2n) is 6.77. The number of methoxy groups -OCH3 is 1. The molecule has 31 heavy (non-hydrogen) atoms. The fraction of sp³-hybridized carbons (Fsp3) is 0.174. The molecule has 0 fully saturated rings. The number of nitrogens with zero attached hydrogens (tertiary/aromatic N) is 3. The van der Waals surface area contributed by atoms with Gasteiger partial charge in [-0.05, 0) is 42.6 Å². The van der Waals surface area contributed by atoms with Crippen molar-refractivity contribution in [3.05, 3.63) is 77.0 Å². The zero-order chi connectivity index (χ0) is 21.6. The molecule has 2 aromatic heterocycles. The van der Waals surface area contributed by atoms with E-state index in [1.54, 1.807) is 18.4 Å². The fourth-order valence-corrected chi connectivity index (χ4v) is 4.58. The van der Waals surface area contributed by atoms with Gasteiger partial charge in [-0.25, -0.2) is 0 Å². The van der Waals surface area contributed by atoms with Crippen LogP contribution in [0.4, 0.5) is 0 Å². The van der Waals surface area contributed by atoms with Crippen LogP contribution in [-0.2, 0) is 11.3 Å². The molecule has 0 aliphatic rings. The zero-order valence-electron chi connectivity index (χ0n) is 17.2. The molecule has 158 valence electrons. The molecule has 0 radical (unpaired) electrons. The highest BCUT2D eigenvalue weighted by atomic mass is 32.2. The maximum absolute atomic E-state index is 12.6. The molecule has 1 atom stereocenters. The van der Waals surface area contributed by atoms with Crippen LogP contribution >= 0.6 is 23.1 Å². The van der Waals surface area contributed by atoms with Crippen LogP contribution in [-0.4, -0.2) is 33.0 Å². The number of thioether (sulfide) groups is 1. The van der Waals surface area contributed by atoms with E-state index in [0.717, 1.165) is 21.9 Å². The molecule has 0 saturated heterocycles. The fourth-order valence-electron chi connectivity index (χ4n) is 3.05. The molecule has 0 spiro atoms. The van der Waals surface area contributed by atoms with E-state index in [-0.39, 0.29) is 11.2 Å². The van der Waals surface area contributed by atoms with E-state index in [9.17, 15) is 4.79 Å². The van der Waals surface area contributed by atoms with Crippen molar-refractivity contribution in [1.82, 2.24) is 20.1 Å². The van der Waals surface area contributed by atoms with Crippen molar-refractivity contribution in [1.29, 1.82) is 0 Å². The lowest BCUT2D eigenvalue weighted by atomic mass is 10.2. The number of aromatic nitrogens is 3. The molecule has 4 aromatic rings. The molecule has 1 unspecified atom stereocenters. The molecular formula is C23H22N4O2S2. The molecule has 8 heteroatoms. The molecule has 0 aliphatic heterocycles. The van der Waals surface area contributed by atoms with Crippen molar-refractivity contribution in [3.8, 4) is 22.8 Å². The lowest BCUT2D eigenvalue weighted by Crippen LogP contribution is -2.30. The molecule has 0 saturated carbocycles. The number of hydrogen-bond acceptors (Lipinski definition) is 6. The standard InChI is InChI=1S/C23H22N4O2S2/c1-16(22(28)24-15-20-12-7-13-30-20)31-23-26-25-21(17-8-6-11-19(14-17)29-2)27(23)18-9-4-3-5-10-18/h3-14,16H,15H2,1-2H3,(H,24,28). The number of rotatable bonds is 8. The zero-order valence-corrected chi connectivity index (χ0v) is 18.8. The second kappa shape index (κ2) is 9.80. The van der Waals surface area contributed by atoms with Gasteiger partial charge in [0.1, 0.15) is 5.75 Å². The monoisotopic (exact) mass is 450 g/mol. The smallest absolute Gasteiger partial charge is 0.233 e. The minimum atomic E-state index is -0.329. The van der Waals surface area contributed by atoms with E-state index >= 15 is 0 Å². The van der Waals surface area contributed by atoms with Crippen molar-refractivity contribution >= 4 is 29.0 Å². The van der Waals surface area contributed by atoms with Crippen molar-refractivity contribution < 1.29 is 9.53 Å². The highest BCUT2D eigenvalue weighted by molar-refractivity contribution is 8.00. The first kappa shape index (κ1) is 21.1. The first-order chi connectivity index (χ1) is 15.2. The number of nitrogens with one attached hydrogen (secondary N) is 1. The Labute approximate surface area is 189 Å². The second-order valence-corrected chi connectivity index (χ2v) is 9.11. The third kappa shape index (κ3) is 4.98. The van der Waals surface area contributed by atoms with Crippen LogP contribution in [0, 0.1) is 0 Å². The van der Waals surface area contributed by atoms with Crippen LogP contribution in [0.15, 0.2) is 77.3 Å². The molecule has 2 heterocycles. The Balaban J connectivity index is 1.61. The number of hydrogen-bond donors (Lipinski definition) is 1. The van der Waals surface area contributed by atoms with E-state index < -0.39 is 0 Å². The average Bonchev–Trinajstić information content (AvgIpc) is 3.48. The number of para-hydroxylation sites is 1. The van der Waals surface area contributed by atoms with E-state index in [4.69, 9.17) is 4.74 Å². The van der Waals surface area contributed by atoms with Gasteiger partial charge >= 0.3 is 0 Å². The number of ether oxygens (including phenoxy) is 1. The summed E-state index contributed by atoms with van der Waals surface area (Å²) in [5, 5.41) is 14.2. The van der Waals surface area contributed by atoms with Gasteiger partial charge in [0.2, 0.25) is 5.91 Å². The molecular weight excluding hydrogens is 428 g/mol. The van der Waals surface area contributed by atoms with Crippen molar-refractivity contribution in [3.63, 3.8) is 0 Å². The summed E-state index contributed by atoms with van der Waals surface area (Å²) in [5.41, 5.74) is 1.82. The van der Waals surface area contributed by atoms with Crippen molar-refractivity contribution in [2.75, 3.05) is 7.11 Å². The van der Waals surface area contributed by atoms with Crippen molar-refractivity contribution in [2.24, 2.45) is 0 Å². The van der Waals surface area contributed by atoms with Gasteiger partial charge in [0.25, 0.3) is 0 Å². The van der Waals surface area contributed by atoms with E-state index in [0.29, 0.717) is 17.5 Å². The molecule has 1 N–H and O–H groups in total. The van der Waals surface area contributed by atoms with E-state index in [1.165, 1.54) is 11.8 Å². The summed E-state index contributed by atoms with van der Waals surface area (Å²) in [6.07, 6.45) is 0. The summed E-state index contributed by atoms with van der Waals surface area (Å²) in [6.45, 7) is 2.41. The Hall–Kier alpha value is -3.10. The van der Waals surface area contributed by atoms with E-state index in [2.05, 4.69) is 15.5 Å². The molecule has 6 nitrogen and oxygen atoms in total. The highest BCUT2D eigenvalue weighted by Crippen LogP contribution is 2.31. The van der Waals surface area contributed by atoms with Gasteiger partial charge in [-0.2, -0.15) is 0 Å². The summed E-state index contributed by atoms with van der Waals surface area (Å²) in [7, 11) is 1.64. The van der Waals surface area contributed by atoms with Crippen LogP contribution < -0.4 is 10.1 Å². The van der Waals surface area contributed by atoms with Crippen molar-refractivity contribution in [2.45, 2.75) is 23.9 Å². The topological polar surface area (TPSA) is 69.0 Å². The number of thiophene rings is 1. The van der Waals surface area contributed by atoms with Crippen LogP contribution in [0.2, 0.25) is 0 Å². The van der Waals surface area contributed by atoms with Gasteiger partial charge in [0, 0.05) is 16.1 Å². The minimum Gasteiger partial charge on any atom is -0.497 e. The highest BCUT2D eigenvalue weighted by Gasteiger charge is 2.22. The lowest BCUT2D eigenvalue weighted by Gasteiger charge is -2.14. The Morgan fingerprint density at radius 2 is 1.97 bits per heavy atom. The molecule has 1 amide bonds. The van der Waals surface area contributed by atoms with Gasteiger partial charge in [-0.15, -0.1) is 21.5 Å². The number of amides is 1. The average molecular weight is 451 g/mol. The van der Waals surface area contributed by atoms with Crippen LogP contribution in [0.5, 0.6) is 5.75 Å². The maximum atomic E-state index is 12.6. The summed E-state index contributed by atoms with van der Waals surface area (Å²) in [4.78, 5) is 13.8. The third-order valence-electron chi connectivity index (χ3n) is 4.64. The van der Waals surface area contributed by atoms with Gasteiger partial charge in [0.05, 0.1) is 18.9 Å². The third-order valence-corrected chi connectivity index (χ3v) is 6.56. The van der Waals surface area contributed by atoms with Gasteiger partial charge in [0.15, 0.2) is 11.0 Å². The first-order valence-electron chi connectivity index (χ1n) is 9.77. The molecule has 4 rings (SSSR count). The summed E-state index contributed by atoms with van der Waals surface area (Å²) < 4.78 is 7.34. The maximum Gasteiger partial charge on any atom is 0.233 e. The van der Waals surface area contributed by atoms with Crippen LogP contribution in [0.1, 0.15) is 11.8 Å². The number of carbonyl (C=O) groups excluding carboxylic acids is 1. The normalized spacial score (nSPS) is 11.8. The lowest BCUT2D eigenvalue weighted by molar-refractivity contribution is -0.120. The summed E-state index contributed by atoms with van der Waals surface area (Å²) in [5.74, 6) is 1.40. The predicted octanol–water partition coefficient (Wildman–Crippen LogP) is 4.80. The number of carbonyl (C=O) groups is 1. The molecule has 0 aliphatic carbocycles. The minimum absolute atomic E-state index is 0.0380. The quantitative estimate of drug-likeness (QED) is 0.391. The van der Waals surface area contributed by atoms with Gasteiger partial charge in [-0.3, -0.25) is 9.36 Å². The van der Waals surface area contributed by atoms with Gasteiger partial charge < -0.3 is 10.1 Å². The summed E-state index contributed by atoms with van der Waals surface area (Å²) >= 11 is 3.01. The Kier molecular flexibility index (Phi) is 6.69. The van der Waals surface area contributed by atoms with Crippen LogP contribution in [0.3, 0.4) is 0 Å². The Bertz CT molecular complexity index is 1140.